The van der Waals surface area contributed by atoms with Crippen LogP contribution in [0.4, 0.5) is 0 Å². The van der Waals surface area contributed by atoms with E-state index in [1.807, 2.05) is 24.3 Å². The number of nitrogens with two attached hydrogens (primary N) is 2. The first-order valence-electron chi connectivity index (χ1n) is 5.62. The molecule has 0 saturated heterocycles. The van der Waals surface area contributed by atoms with Gasteiger partial charge < -0.3 is 11.5 Å². The number of aromatic nitrogens is 1. The second-order valence-corrected chi connectivity index (χ2v) is 3.97. The molecule has 0 unspecified atom stereocenters. The Labute approximate surface area is 95.5 Å². The van der Waals surface area contributed by atoms with Gasteiger partial charge in [-0.3, -0.25) is 4.98 Å². The zero-order valence-electron chi connectivity index (χ0n) is 9.26. The van der Waals surface area contributed by atoms with Crippen LogP contribution in [0.3, 0.4) is 0 Å². The largest absolute Gasteiger partial charge is 0.330 e. The first-order valence-corrected chi connectivity index (χ1v) is 5.62. The number of benzene rings is 1. The van der Waals surface area contributed by atoms with E-state index in [0.717, 1.165) is 29.4 Å². The van der Waals surface area contributed by atoms with Gasteiger partial charge in [-0.15, -0.1) is 0 Å². The van der Waals surface area contributed by atoms with Gasteiger partial charge in [0.1, 0.15) is 0 Å². The highest BCUT2D eigenvalue weighted by Crippen LogP contribution is 2.17. The molecule has 0 saturated carbocycles. The molecule has 0 radical (unpaired) electrons. The van der Waals surface area contributed by atoms with Crippen molar-refractivity contribution in [2.24, 2.45) is 11.5 Å². The first kappa shape index (κ1) is 11.0. The van der Waals surface area contributed by atoms with Crippen LogP contribution in [0.1, 0.15) is 24.6 Å². The predicted molar refractivity (Wildman–Crippen MR) is 67.0 cm³/mol. The Morgan fingerprint density at radius 3 is 2.75 bits per heavy atom. The molecule has 4 N–H and O–H groups in total. The van der Waals surface area contributed by atoms with Crippen LogP contribution in [0.5, 0.6) is 0 Å². The second-order valence-electron chi connectivity index (χ2n) is 3.97. The Morgan fingerprint density at radius 1 is 1.12 bits per heavy atom. The summed E-state index contributed by atoms with van der Waals surface area (Å²) in [6, 6.07) is 12.1. The van der Waals surface area contributed by atoms with Crippen molar-refractivity contribution < 1.29 is 0 Å². The van der Waals surface area contributed by atoms with Gasteiger partial charge in [0, 0.05) is 11.4 Å². The van der Waals surface area contributed by atoms with Gasteiger partial charge in [0.2, 0.25) is 0 Å². The molecule has 0 aliphatic heterocycles. The maximum atomic E-state index is 6.05. The fraction of sp³-hybridized carbons (Fsp3) is 0.308. The van der Waals surface area contributed by atoms with Crippen molar-refractivity contribution in [1.82, 2.24) is 4.98 Å². The van der Waals surface area contributed by atoms with Crippen LogP contribution in [-0.2, 0) is 0 Å². The number of hydrogen-bond acceptors (Lipinski definition) is 3. The van der Waals surface area contributed by atoms with Gasteiger partial charge >= 0.3 is 0 Å². The van der Waals surface area contributed by atoms with Crippen LogP contribution < -0.4 is 11.5 Å². The lowest BCUT2D eigenvalue weighted by Gasteiger charge is -2.10. The zero-order valence-corrected chi connectivity index (χ0v) is 9.26. The van der Waals surface area contributed by atoms with Gasteiger partial charge in [0.05, 0.1) is 11.2 Å². The Hall–Kier alpha value is -1.45. The number of pyridine rings is 1. The molecule has 2 aromatic rings. The molecule has 0 fully saturated rings. The average molecular weight is 215 g/mol. The maximum absolute atomic E-state index is 6.05. The lowest BCUT2D eigenvalue weighted by molar-refractivity contribution is 0.605. The molecule has 1 aromatic carbocycles. The van der Waals surface area contributed by atoms with Crippen molar-refractivity contribution in [3.63, 3.8) is 0 Å². The minimum absolute atomic E-state index is 0.00634. The maximum Gasteiger partial charge on any atom is 0.0706 e. The van der Waals surface area contributed by atoms with Crippen LogP contribution in [0, 0.1) is 0 Å². The molecule has 0 aliphatic rings. The Morgan fingerprint density at radius 2 is 1.94 bits per heavy atom. The average Bonchev–Trinajstić information content (AvgIpc) is 2.35. The molecular formula is C13H17N3. The van der Waals surface area contributed by atoms with Gasteiger partial charge in [-0.25, -0.2) is 0 Å². The molecule has 2 rings (SSSR count). The Kier molecular flexibility index (Phi) is 3.49. The standard InChI is InChI=1S/C13H17N3/c14-9-3-5-11(15)13-8-7-10-4-1-2-6-12(10)16-13/h1-2,4,6-8,11H,3,5,9,14-15H2/t11-/m1/s1. The number of fused-ring (bicyclic) bond motifs is 1. The van der Waals surface area contributed by atoms with Gasteiger partial charge in [0.25, 0.3) is 0 Å². The fourth-order valence-electron chi connectivity index (χ4n) is 1.77. The third-order valence-corrected chi connectivity index (χ3v) is 2.72. The Bertz CT molecular complexity index is 467. The molecule has 16 heavy (non-hydrogen) atoms. The van der Waals surface area contributed by atoms with Gasteiger partial charge in [0.15, 0.2) is 0 Å². The highest BCUT2D eigenvalue weighted by atomic mass is 14.8. The lowest BCUT2D eigenvalue weighted by atomic mass is 10.1. The van der Waals surface area contributed by atoms with E-state index >= 15 is 0 Å². The summed E-state index contributed by atoms with van der Waals surface area (Å²) in [5.41, 5.74) is 13.5. The van der Waals surface area contributed by atoms with Gasteiger partial charge in [-0.05, 0) is 31.5 Å². The quantitative estimate of drug-likeness (QED) is 0.819. The molecule has 0 amide bonds. The molecule has 1 heterocycles. The minimum Gasteiger partial charge on any atom is -0.330 e. The summed E-state index contributed by atoms with van der Waals surface area (Å²) in [6.45, 7) is 0.682. The zero-order chi connectivity index (χ0) is 11.4. The van der Waals surface area contributed by atoms with Crippen molar-refractivity contribution in [1.29, 1.82) is 0 Å². The van der Waals surface area contributed by atoms with Crippen LogP contribution in [0.2, 0.25) is 0 Å². The second kappa shape index (κ2) is 5.05. The van der Waals surface area contributed by atoms with Gasteiger partial charge in [-0.1, -0.05) is 24.3 Å². The first-order chi connectivity index (χ1) is 7.81. The summed E-state index contributed by atoms with van der Waals surface area (Å²) in [7, 11) is 0. The minimum atomic E-state index is -0.00634. The summed E-state index contributed by atoms with van der Waals surface area (Å²) < 4.78 is 0. The predicted octanol–water partition coefficient (Wildman–Crippen LogP) is 1.97. The van der Waals surface area contributed by atoms with Gasteiger partial charge in [-0.2, -0.15) is 0 Å². The SMILES string of the molecule is NCCC[C@@H](N)c1ccc2ccccc2n1. The molecule has 0 bridgehead atoms. The van der Waals surface area contributed by atoms with Crippen LogP contribution >= 0.6 is 0 Å². The third kappa shape index (κ3) is 2.38. The van der Waals surface area contributed by atoms with Crippen molar-refractivity contribution in [3.8, 4) is 0 Å². The van der Waals surface area contributed by atoms with E-state index in [4.69, 9.17) is 11.5 Å². The number of rotatable bonds is 4. The number of nitrogens with zero attached hydrogens (tertiary/aromatic N) is 1. The lowest BCUT2D eigenvalue weighted by Crippen LogP contribution is -2.13. The van der Waals surface area contributed by atoms with Crippen LogP contribution in [-0.4, -0.2) is 11.5 Å². The van der Waals surface area contributed by atoms with Crippen molar-refractivity contribution in [3.05, 3.63) is 42.1 Å². The summed E-state index contributed by atoms with van der Waals surface area (Å²) in [5.74, 6) is 0. The van der Waals surface area contributed by atoms with E-state index in [9.17, 15) is 0 Å². The monoisotopic (exact) mass is 215 g/mol. The number of para-hydroxylation sites is 1. The molecule has 84 valence electrons. The fourth-order valence-corrected chi connectivity index (χ4v) is 1.77. The van der Waals surface area contributed by atoms with E-state index in [-0.39, 0.29) is 6.04 Å². The molecule has 3 nitrogen and oxygen atoms in total. The van der Waals surface area contributed by atoms with Crippen molar-refractivity contribution >= 4 is 10.9 Å². The summed E-state index contributed by atoms with van der Waals surface area (Å²) in [6.07, 6.45) is 1.83. The molecule has 3 heteroatoms. The van der Waals surface area contributed by atoms with Crippen molar-refractivity contribution in [2.75, 3.05) is 6.54 Å². The Balaban J connectivity index is 2.25. The topological polar surface area (TPSA) is 64.9 Å². The van der Waals surface area contributed by atoms with Crippen LogP contribution in [0.15, 0.2) is 36.4 Å². The normalized spacial score (nSPS) is 12.9. The van der Waals surface area contributed by atoms with E-state index < -0.39 is 0 Å². The summed E-state index contributed by atoms with van der Waals surface area (Å²) >= 11 is 0. The molecule has 0 spiro atoms. The third-order valence-electron chi connectivity index (χ3n) is 2.72. The van der Waals surface area contributed by atoms with Crippen molar-refractivity contribution in [2.45, 2.75) is 18.9 Å². The highest BCUT2D eigenvalue weighted by Gasteiger charge is 2.07. The molecule has 1 atom stereocenters. The summed E-state index contributed by atoms with van der Waals surface area (Å²) in [4.78, 5) is 4.56. The van der Waals surface area contributed by atoms with E-state index in [1.54, 1.807) is 0 Å². The van der Waals surface area contributed by atoms with Crippen LogP contribution in [0.25, 0.3) is 10.9 Å². The highest BCUT2D eigenvalue weighted by molar-refractivity contribution is 5.78. The van der Waals surface area contributed by atoms with E-state index in [0.29, 0.717) is 6.54 Å². The molecular weight excluding hydrogens is 198 g/mol. The van der Waals surface area contributed by atoms with E-state index in [1.165, 1.54) is 0 Å². The summed E-state index contributed by atoms with van der Waals surface area (Å²) in [5, 5.41) is 1.15. The molecule has 1 aromatic heterocycles. The smallest absolute Gasteiger partial charge is 0.0706 e. The van der Waals surface area contributed by atoms with E-state index in [2.05, 4.69) is 17.1 Å². The number of hydrogen-bond donors (Lipinski definition) is 2. The molecule has 0 aliphatic carbocycles.